The third kappa shape index (κ3) is 3.48. The minimum Gasteiger partial charge on any atom is -0.486 e. The molecule has 0 amide bonds. The van der Waals surface area contributed by atoms with Gasteiger partial charge in [-0.05, 0) is 48.9 Å². The Balaban J connectivity index is 1.39. The predicted molar refractivity (Wildman–Crippen MR) is 110 cm³/mol. The van der Waals surface area contributed by atoms with E-state index in [2.05, 4.69) is 15.3 Å². The van der Waals surface area contributed by atoms with E-state index in [1.807, 2.05) is 85.9 Å². The first kappa shape index (κ1) is 17.2. The Labute approximate surface area is 167 Å². The van der Waals surface area contributed by atoms with Crippen molar-refractivity contribution in [1.29, 1.82) is 0 Å². The first-order valence-electron chi connectivity index (χ1n) is 9.32. The van der Waals surface area contributed by atoms with Crippen LogP contribution in [0.4, 0.5) is 0 Å². The zero-order chi connectivity index (χ0) is 19.6. The third-order valence-electron chi connectivity index (χ3n) is 4.60. The molecule has 6 heteroatoms. The van der Waals surface area contributed by atoms with Crippen LogP contribution < -0.4 is 4.74 Å². The van der Waals surface area contributed by atoms with Crippen molar-refractivity contribution in [3.63, 3.8) is 0 Å². The third-order valence-corrected chi connectivity index (χ3v) is 4.60. The number of aromatic nitrogens is 4. The van der Waals surface area contributed by atoms with E-state index in [0.29, 0.717) is 18.2 Å². The van der Waals surface area contributed by atoms with E-state index in [-0.39, 0.29) is 0 Å². The highest BCUT2D eigenvalue weighted by atomic mass is 16.5. The fourth-order valence-corrected chi connectivity index (χ4v) is 3.15. The van der Waals surface area contributed by atoms with E-state index < -0.39 is 0 Å². The highest BCUT2D eigenvalue weighted by Gasteiger charge is 2.14. The summed E-state index contributed by atoms with van der Waals surface area (Å²) in [5, 5.41) is 8.38. The Kier molecular flexibility index (Phi) is 4.29. The summed E-state index contributed by atoms with van der Waals surface area (Å²) < 4.78 is 13.7. The molecule has 0 unspecified atom stereocenters. The second kappa shape index (κ2) is 7.24. The maximum absolute atomic E-state index is 6.03. The lowest BCUT2D eigenvalue weighted by molar-refractivity contribution is 0.301. The number of nitrogens with zero attached hydrogens (tertiary/aromatic N) is 4. The monoisotopic (exact) mass is 382 g/mol. The Morgan fingerprint density at radius 3 is 2.69 bits per heavy atom. The molecule has 0 saturated heterocycles. The number of fused-ring (bicyclic) bond motifs is 1. The van der Waals surface area contributed by atoms with E-state index in [1.54, 1.807) is 4.68 Å². The van der Waals surface area contributed by atoms with Gasteiger partial charge in [-0.25, -0.2) is 9.67 Å². The van der Waals surface area contributed by atoms with Gasteiger partial charge < -0.3 is 9.15 Å². The van der Waals surface area contributed by atoms with Crippen molar-refractivity contribution in [1.82, 2.24) is 20.0 Å². The zero-order valence-corrected chi connectivity index (χ0v) is 15.8. The molecule has 29 heavy (non-hydrogen) atoms. The molecule has 0 spiro atoms. The van der Waals surface area contributed by atoms with E-state index >= 15 is 0 Å². The van der Waals surface area contributed by atoms with Crippen molar-refractivity contribution in [2.24, 2.45) is 0 Å². The molecule has 6 nitrogen and oxygen atoms in total. The van der Waals surface area contributed by atoms with Gasteiger partial charge in [-0.1, -0.05) is 41.6 Å². The van der Waals surface area contributed by atoms with Gasteiger partial charge in [-0.15, -0.1) is 5.10 Å². The molecule has 2 heterocycles. The molecule has 142 valence electrons. The predicted octanol–water partition coefficient (Wildman–Crippen LogP) is 4.96. The molecule has 0 aliphatic rings. The summed E-state index contributed by atoms with van der Waals surface area (Å²) in [6.07, 6.45) is 1.86. The van der Waals surface area contributed by atoms with Gasteiger partial charge >= 0.3 is 0 Å². The van der Waals surface area contributed by atoms with Gasteiger partial charge in [0.25, 0.3) is 0 Å². The Morgan fingerprint density at radius 2 is 1.79 bits per heavy atom. The molecule has 3 aromatic carbocycles. The normalized spacial score (nSPS) is 11.1. The number of rotatable bonds is 5. The molecular weight excluding hydrogens is 364 g/mol. The zero-order valence-electron chi connectivity index (χ0n) is 15.8. The van der Waals surface area contributed by atoms with Crippen LogP contribution in [0, 0.1) is 6.92 Å². The van der Waals surface area contributed by atoms with Crippen molar-refractivity contribution in [2.75, 3.05) is 0 Å². The second-order valence-electron chi connectivity index (χ2n) is 6.77. The lowest BCUT2D eigenvalue weighted by atomic mass is 10.2. The summed E-state index contributed by atoms with van der Waals surface area (Å²) in [5.41, 5.74) is 5.22. The summed E-state index contributed by atoms with van der Waals surface area (Å²) >= 11 is 0. The Hall–Kier alpha value is -3.93. The largest absolute Gasteiger partial charge is 0.486 e. The molecule has 0 saturated carbocycles. The summed E-state index contributed by atoms with van der Waals surface area (Å²) in [7, 11) is 0. The van der Waals surface area contributed by atoms with Gasteiger partial charge in [-0.3, -0.25) is 0 Å². The Morgan fingerprint density at radius 1 is 0.966 bits per heavy atom. The van der Waals surface area contributed by atoms with Crippen LogP contribution in [0.5, 0.6) is 5.75 Å². The second-order valence-corrected chi connectivity index (χ2v) is 6.77. The minimum absolute atomic E-state index is 0.295. The molecule has 0 radical (unpaired) electrons. The van der Waals surface area contributed by atoms with Crippen LogP contribution in [-0.2, 0) is 6.61 Å². The van der Waals surface area contributed by atoms with Crippen molar-refractivity contribution < 1.29 is 9.15 Å². The van der Waals surface area contributed by atoms with Crippen LogP contribution in [0.25, 0.3) is 28.2 Å². The molecule has 0 bridgehead atoms. The molecule has 0 fully saturated rings. The van der Waals surface area contributed by atoms with Crippen molar-refractivity contribution in [3.05, 3.63) is 90.3 Å². The van der Waals surface area contributed by atoms with Gasteiger partial charge in [0, 0.05) is 0 Å². The summed E-state index contributed by atoms with van der Waals surface area (Å²) in [6.45, 7) is 2.33. The maximum Gasteiger partial charge on any atom is 0.231 e. The average molecular weight is 382 g/mol. The number of oxazole rings is 1. The molecule has 5 rings (SSSR count). The number of para-hydroxylation sites is 2. The summed E-state index contributed by atoms with van der Waals surface area (Å²) in [5.74, 6) is 1.22. The van der Waals surface area contributed by atoms with Crippen LogP contribution >= 0.6 is 0 Å². The van der Waals surface area contributed by atoms with Crippen LogP contribution in [0.3, 0.4) is 0 Å². The van der Waals surface area contributed by atoms with Crippen molar-refractivity contribution >= 4 is 11.1 Å². The van der Waals surface area contributed by atoms with E-state index in [1.165, 1.54) is 0 Å². The molecule has 0 N–H and O–H groups in total. The lowest BCUT2D eigenvalue weighted by Crippen LogP contribution is -1.97. The van der Waals surface area contributed by atoms with Gasteiger partial charge in [0.15, 0.2) is 5.58 Å². The summed E-state index contributed by atoms with van der Waals surface area (Å²) in [6, 6.07) is 23.5. The fraction of sp³-hybridized carbons (Fsp3) is 0.0870. The molecule has 0 aliphatic heterocycles. The van der Waals surface area contributed by atoms with Crippen LogP contribution in [0.15, 0.2) is 83.4 Å². The van der Waals surface area contributed by atoms with Gasteiger partial charge in [0.2, 0.25) is 5.89 Å². The summed E-state index contributed by atoms with van der Waals surface area (Å²) in [4.78, 5) is 4.62. The van der Waals surface area contributed by atoms with E-state index in [0.717, 1.165) is 33.6 Å². The van der Waals surface area contributed by atoms with Crippen molar-refractivity contribution in [3.8, 4) is 22.9 Å². The topological polar surface area (TPSA) is 66.0 Å². The highest BCUT2D eigenvalue weighted by molar-refractivity contribution is 5.78. The molecule has 2 aromatic heterocycles. The first-order chi connectivity index (χ1) is 14.3. The number of hydrogen-bond donors (Lipinski definition) is 0. The first-order valence-corrected chi connectivity index (χ1v) is 9.32. The standard InChI is InChI=1S/C23H18N4O2/c1-16-11-12-22-20(13-16)24-23(29-22)19-9-5-6-10-21(19)28-15-17-14-27(26-25-17)18-7-3-2-4-8-18/h2-14H,15H2,1H3. The fourth-order valence-electron chi connectivity index (χ4n) is 3.15. The number of aryl methyl sites for hydroxylation is 1. The number of ether oxygens (including phenoxy) is 1. The van der Waals surface area contributed by atoms with Crippen LogP contribution in [0.2, 0.25) is 0 Å². The van der Waals surface area contributed by atoms with Crippen LogP contribution in [-0.4, -0.2) is 20.0 Å². The molecule has 0 aliphatic carbocycles. The van der Waals surface area contributed by atoms with Crippen LogP contribution in [0.1, 0.15) is 11.3 Å². The quantitative estimate of drug-likeness (QED) is 0.430. The SMILES string of the molecule is Cc1ccc2oc(-c3ccccc3OCc3cn(-c4ccccc4)nn3)nc2c1. The van der Waals surface area contributed by atoms with Gasteiger partial charge in [0.05, 0.1) is 17.4 Å². The minimum atomic E-state index is 0.295. The lowest BCUT2D eigenvalue weighted by Gasteiger charge is -2.07. The van der Waals surface area contributed by atoms with E-state index in [4.69, 9.17) is 9.15 Å². The average Bonchev–Trinajstić information content (AvgIpc) is 3.40. The molecular formula is C23H18N4O2. The van der Waals surface area contributed by atoms with Gasteiger partial charge in [0.1, 0.15) is 23.6 Å². The molecule has 5 aromatic rings. The number of benzene rings is 3. The van der Waals surface area contributed by atoms with Crippen molar-refractivity contribution in [2.45, 2.75) is 13.5 Å². The van der Waals surface area contributed by atoms with E-state index in [9.17, 15) is 0 Å². The molecule has 0 atom stereocenters. The Bertz CT molecular complexity index is 1270. The smallest absolute Gasteiger partial charge is 0.231 e. The highest BCUT2D eigenvalue weighted by Crippen LogP contribution is 2.32. The van der Waals surface area contributed by atoms with Gasteiger partial charge in [-0.2, -0.15) is 0 Å². The maximum atomic E-state index is 6.03. The number of hydrogen-bond acceptors (Lipinski definition) is 5.